The molecule has 0 aliphatic carbocycles. The van der Waals surface area contributed by atoms with Crippen molar-refractivity contribution in [1.82, 2.24) is 10.2 Å². The molecule has 1 fully saturated rings. The molecule has 0 aromatic heterocycles. The molecule has 0 radical (unpaired) electrons. The van der Waals surface area contributed by atoms with Crippen LogP contribution >= 0.6 is 0 Å². The van der Waals surface area contributed by atoms with Crippen molar-refractivity contribution in [3.05, 3.63) is 29.6 Å². The van der Waals surface area contributed by atoms with Gasteiger partial charge in [0.05, 0.1) is 0 Å². The van der Waals surface area contributed by atoms with Gasteiger partial charge in [0, 0.05) is 13.1 Å². The highest BCUT2D eigenvalue weighted by molar-refractivity contribution is 5.27. The van der Waals surface area contributed by atoms with E-state index in [1.165, 1.54) is 38.1 Å². The van der Waals surface area contributed by atoms with Crippen molar-refractivity contribution in [1.29, 1.82) is 0 Å². The van der Waals surface area contributed by atoms with E-state index < -0.39 is 5.82 Å². The second kappa shape index (κ2) is 6.87. The van der Waals surface area contributed by atoms with Crippen LogP contribution in [-0.4, -0.2) is 36.2 Å². The Morgan fingerprint density at radius 3 is 2.79 bits per heavy atom. The summed E-state index contributed by atoms with van der Waals surface area (Å²) in [4.78, 5) is 2.51. The van der Waals surface area contributed by atoms with Crippen molar-refractivity contribution in [2.75, 3.05) is 26.2 Å². The van der Waals surface area contributed by atoms with E-state index in [1.807, 2.05) is 0 Å². The maximum atomic E-state index is 13.2. The average molecular weight is 266 g/mol. The lowest BCUT2D eigenvalue weighted by Crippen LogP contribution is -2.31. The lowest BCUT2D eigenvalue weighted by atomic mass is 10.1. The number of halogens is 1. The zero-order valence-corrected chi connectivity index (χ0v) is 11.5. The smallest absolute Gasteiger partial charge is 0.165 e. The van der Waals surface area contributed by atoms with E-state index in [-0.39, 0.29) is 5.75 Å². The first kappa shape index (κ1) is 14.3. The summed E-state index contributed by atoms with van der Waals surface area (Å²) < 4.78 is 13.2. The van der Waals surface area contributed by atoms with Crippen molar-refractivity contribution in [2.24, 2.45) is 5.92 Å². The van der Waals surface area contributed by atoms with Gasteiger partial charge in [0.2, 0.25) is 0 Å². The SMILES string of the molecule is CC(CNCc1ccc(O)c(F)c1)CN1CCCC1. The number of phenolic OH excluding ortho intramolecular Hbond substituents is 1. The summed E-state index contributed by atoms with van der Waals surface area (Å²) in [7, 11) is 0. The van der Waals surface area contributed by atoms with Gasteiger partial charge in [-0.3, -0.25) is 0 Å². The number of nitrogens with one attached hydrogen (secondary N) is 1. The third-order valence-electron chi connectivity index (χ3n) is 3.60. The van der Waals surface area contributed by atoms with E-state index in [4.69, 9.17) is 5.11 Å². The Labute approximate surface area is 114 Å². The third-order valence-corrected chi connectivity index (χ3v) is 3.60. The second-order valence-corrected chi connectivity index (χ2v) is 5.53. The quantitative estimate of drug-likeness (QED) is 0.829. The zero-order valence-electron chi connectivity index (χ0n) is 11.5. The Morgan fingerprint density at radius 2 is 2.11 bits per heavy atom. The number of benzene rings is 1. The van der Waals surface area contributed by atoms with Crippen molar-refractivity contribution >= 4 is 0 Å². The molecule has 1 aromatic carbocycles. The molecule has 0 saturated carbocycles. The van der Waals surface area contributed by atoms with Crippen LogP contribution in [0.4, 0.5) is 4.39 Å². The Hall–Kier alpha value is -1.13. The summed E-state index contributed by atoms with van der Waals surface area (Å²) in [5.41, 5.74) is 0.865. The molecule has 1 saturated heterocycles. The topological polar surface area (TPSA) is 35.5 Å². The number of likely N-dealkylation sites (tertiary alicyclic amines) is 1. The molecular formula is C15H23FN2O. The van der Waals surface area contributed by atoms with Crippen molar-refractivity contribution in [2.45, 2.75) is 26.3 Å². The van der Waals surface area contributed by atoms with Gasteiger partial charge in [0.1, 0.15) is 0 Å². The molecule has 1 aliphatic heterocycles. The summed E-state index contributed by atoms with van der Waals surface area (Å²) in [5, 5.41) is 12.5. The molecule has 106 valence electrons. The van der Waals surface area contributed by atoms with Gasteiger partial charge in [-0.15, -0.1) is 0 Å². The van der Waals surface area contributed by atoms with Crippen molar-refractivity contribution in [3.63, 3.8) is 0 Å². The van der Waals surface area contributed by atoms with Gasteiger partial charge in [-0.25, -0.2) is 4.39 Å². The summed E-state index contributed by atoms with van der Waals surface area (Å²) in [6.07, 6.45) is 2.65. The summed E-state index contributed by atoms with van der Waals surface area (Å²) in [5.74, 6) is -0.240. The molecule has 1 heterocycles. The maximum Gasteiger partial charge on any atom is 0.165 e. The standard InChI is InChI=1S/C15H23FN2O/c1-12(11-18-6-2-3-7-18)9-17-10-13-4-5-15(19)14(16)8-13/h4-5,8,12,17,19H,2-3,6-7,9-11H2,1H3. The number of rotatable bonds is 6. The number of hydrogen-bond donors (Lipinski definition) is 2. The Balaban J connectivity index is 1.68. The van der Waals surface area contributed by atoms with Crippen molar-refractivity contribution in [3.8, 4) is 5.75 Å². The van der Waals surface area contributed by atoms with Crippen LogP contribution in [0.3, 0.4) is 0 Å². The molecule has 1 unspecified atom stereocenters. The van der Waals surface area contributed by atoms with Crippen LogP contribution in [0, 0.1) is 11.7 Å². The number of phenols is 1. The number of hydrogen-bond acceptors (Lipinski definition) is 3. The molecule has 0 amide bonds. The highest BCUT2D eigenvalue weighted by Crippen LogP contribution is 2.16. The van der Waals surface area contributed by atoms with E-state index in [1.54, 1.807) is 6.07 Å². The Kier molecular flexibility index (Phi) is 5.16. The van der Waals surface area contributed by atoms with Gasteiger partial charge in [-0.2, -0.15) is 0 Å². The first-order chi connectivity index (χ1) is 9.15. The van der Waals surface area contributed by atoms with Crippen LogP contribution in [0.25, 0.3) is 0 Å². The summed E-state index contributed by atoms with van der Waals surface area (Å²) >= 11 is 0. The second-order valence-electron chi connectivity index (χ2n) is 5.53. The molecule has 1 aliphatic rings. The minimum atomic E-state index is -0.551. The first-order valence-electron chi connectivity index (χ1n) is 7.05. The van der Waals surface area contributed by atoms with Crippen molar-refractivity contribution < 1.29 is 9.50 Å². The Bertz CT molecular complexity index is 405. The molecule has 0 spiro atoms. The lowest BCUT2D eigenvalue weighted by Gasteiger charge is -2.20. The van der Waals surface area contributed by atoms with Crippen LogP contribution in [0.1, 0.15) is 25.3 Å². The molecule has 3 nitrogen and oxygen atoms in total. The molecule has 2 N–H and O–H groups in total. The molecule has 0 bridgehead atoms. The minimum Gasteiger partial charge on any atom is -0.505 e. The van der Waals surface area contributed by atoms with Gasteiger partial charge >= 0.3 is 0 Å². The van der Waals surface area contributed by atoms with Gasteiger partial charge in [-0.1, -0.05) is 13.0 Å². The average Bonchev–Trinajstić information content (AvgIpc) is 2.86. The first-order valence-corrected chi connectivity index (χ1v) is 7.05. The van der Waals surface area contributed by atoms with Crippen LogP contribution in [0.2, 0.25) is 0 Å². The van der Waals surface area contributed by atoms with E-state index in [9.17, 15) is 4.39 Å². The van der Waals surface area contributed by atoms with E-state index in [0.717, 1.165) is 18.7 Å². The van der Waals surface area contributed by atoms with Crippen LogP contribution < -0.4 is 5.32 Å². The van der Waals surface area contributed by atoms with Crippen LogP contribution in [0.15, 0.2) is 18.2 Å². The van der Waals surface area contributed by atoms with Crippen LogP contribution in [0.5, 0.6) is 5.75 Å². The number of nitrogens with zero attached hydrogens (tertiary/aromatic N) is 1. The predicted octanol–water partition coefficient (Wildman–Crippen LogP) is 2.35. The monoisotopic (exact) mass is 266 g/mol. The third kappa shape index (κ3) is 4.48. The largest absolute Gasteiger partial charge is 0.505 e. The molecule has 1 atom stereocenters. The molecule has 2 rings (SSSR count). The predicted molar refractivity (Wildman–Crippen MR) is 74.6 cm³/mol. The maximum absolute atomic E-state index is 13.2. The van der Waals surface area contributed by atoms with Gasteiger partial charge in [-0.05, 0) is 56.1 Å². The fraction of sp³-hybridized carbons (Fsp3) is 0.600. The minimum absolute atomic E-state index is 0.286. The van der Waals surface area contributed by atoms with Gasteiger partial charge in [0.25, 0.3) is 0 Å². The Morgan fingerprint density at radius 1 is 1.37 bits per heavy atom. The van der Waals surface area contributed by atoms with E-state index in [0.29, 0.717) is 12.5 Å². The highest BCUT2D eigenvalue weighted by Gasteiger charge is 2.14. The van der Waals surface area contributed by atoms with E-state index in [2.05, 4.69) is 17.1 Å². The number of aromatic hydroxyl groups is 1. The molecule has 1 aromatic rings. The zero-order chi connectivity index (χ0) is 13.7. The lowest BCUT2D eigenvalue weighted by molar-refractivity contribution is 0.282. The normalized spacial score (nSPS) is 17.8. The van der Waals surface area contributed by atoms with Gasteiger partial charge < -0.3 is 15.3 Å². The summed E-state index contributed by atoms with van der Waals surface area (Å²) in [6.45, 7) is 7.40. The van der Waals surface area contributed by atoms with Gasteiger partial charge in [0.15, 0.2) is 11.6 Å². The summed E-state index contributed by atoms with van der Waals surface area (Å²) in [6, 6.07) is 4.53. The fourth-order valence-corrected chi connectivity index (χ4v) is 2.59. The fourth-order valence-electron chi connectivity index (χ4n) is 2.59. The van der Waals surface area contributed by atoms with E-state index >= 15 is 0 Å². The molecule has 19 heavy (non-hydrogen) atoms. The molecule has 4 heteroatoms. The van der Waals surface area contributed by atoms with Crippen LogP contribution in [-0.2, 0) is 6.54 Å². The highest BCUT2D eigenvalue weighted by atomic mass is 19.1. The molecular weight excluding hydrogens is 243 g/mol.